The maximum absolute atomic E-state index is 12.7. The fourth-order valence-electron chi connectivity index (χ4n) is 2.63. The lowest BCUT2D eigenvalue weighted by atomic mass is 10.1. The van der Waals surface area contributed by atoms with Crippen molar-refractivity contribution in [1.82, 2.24) is 0 Å². The average Bonchev–Trinajstić information content (AvgIpc) is 3.05. The van der Waals surface area contributed by atoms with Gasteiger partial charge in [-0.25, -0.2) is 0 Å². The highest BCUT2D eigenvalue weighted by Gasteiger charge is 2.25. The van der Waals surface area contributed by atoms with Crippen molar-refractivity contribution in [2.75, 3.05) is 5.32 Å². The van der Waals surface area contributed by atoms with Crippen molar-refractivity contribution < 1.29 is 9.53 Å². The predicted molar refractivity (Wildman–Crippen MR) is 107 cm³/mol. The molecule has 1 heterocycles. The molecule has 3 aromatic rings. The van der Waals surface area contributed by atoms with Crippen LogP contribution in [0.5, 0.6) is 5.75 Å². The molecule has 1 amide bonds. The molecule has 134 valence electrons. The largest absolute Gasteiger partial charge is 0.480 e. The first-order valence-electron chi connectivity index (χ1n) is 8.35. The summed E-state index contributed by atoms with van der Waals surface area (Å²) in [5, 5.41) is 11.4. The van der Waals surface area contributed by atoms with Gasteiger partial charge in [0.05, 0.1) is 4.88 Å². The Hall–Kier alpha value is -2.86. The van der Waals surface area contributed by atoms with Gasteiger partial charge in [0.1, 0.15) is 11.6 Å². The van der Waals surface area contributed by atoms with E-state index >= 15 is 0 Å². The molecule has 0 fully saturated rings. The van der Waals surface area contributed by atoms with Crippen LogP contribution in [0.4, 0.5) is 5.69 Å². The number of nitrogens with two attached hydrogens (primary N) is 1. The summed E-state index contributed by atoms with van der Waals surface area (Å²) in [4.78, 5) is 13.4. The van der Waals surface area contributed by atoms with Crippen molar-refractivity contribution in [2.24, 2.45) is 11.7 Å². The third kappa shape index (κ3) is 3.86. The Labute approximate surface area is 156 Å². The normalized spacial score (nSPS) is 12.1. The molecular formula is C20H21N3O2S. The molecule has 0 aliphatic rings. The number of nitrogen functional groups attached to an aromatic ring is 1. The number of benzene rings is 2. The number of rotatable bonds is 6. The maximum atomic E-state index is 12.7. The SMILES string of the molecule is CC(C)C(Oc1cccc2sc(C(=N)N)cc12)C(=O)Nc1ccccc1. The molecule has 3 rings (SSSR count). The molecule has 1 atom stereocenters. The van der Waals surface area contributed by atoms with Gasteiger partial charge >= 0.3 is 0 Å². The highest BCUT2D eigenvalue weighted by molar-refractivity contribution is 7.20. The van der Waals surface area contributed by atoms with Crippen LogP contribution in [0.25, 0.3) is 10.1 Å². The summed E-state index contributed by atoms with van der Waals surface area (Å²) in [7, 11) is 0. The number of fused-ring (bicyclic) bond motifs is 1. The molecule has 2 aromatic carbocycles. The number of carbonyl (C=O) groups excluding carboxylic acids is 1. The molecule has 0 aliphatic carbocycles. The molecule has 0 radical (unpaired) electrons. The van der Waals surface area contributed by atoms with Gasteiger partial charge in [-0.05, 0) is 36.2 Å². The zero-order chi connectivity index (χ0) is 18.7. The van der Waals surface area contributed by atoms with E-state index in [0.717, 1.165) is 15.8 Å². The highest BCUT2D eigenvalue weighted by atomic mass is 32.1. The minimum Gasteiger partial charge on any atom is -0.480 e. The Morgan fingerprint density at radius 1 is 1.15 bits per heavy atom. The van der Waals surface area contributed by atoms with E-state index in [4.69, 9.17) is 15.9 Å². The topological polar surface area (TPSA) is 88.2 Å². The van der Waals surface area contributed by atoms with Crippen LogP contribution < -0.4 is 15.8 Å². The van der Waals surface area contributed by atoms with Crippen LogP contribution in [-0.2, 0) is 4.79 Å². The minimum atomic E-state index is -0.638. The van der Waals surface area contributed by atoms with Gasteiger partial charge in [0.25, 0.3) is 5.91 Å². The Morgan fingerprint density at radius 3 is 2.54 bits per heavy atom. The van der Waals surface area contributed by atoms with Crippen molar-refractivity contribution in [1.29, 1.82) is 5.41 Å². The predicted octanol–water partition coefficient (Wildman–Crippen LogP) is 4.23. The van der Waals surface area contributed by atoms with Crippen molar-refractivity contribution in [2.45, 2.75) is 20.0 Å². The fourth-order valence-corrected chi connectivity index (χ4v) is 3.57. The summed E-state index contributed by atoms with van der Waals surface area (Å²) < 4.78 is 7.07. The van der Waals surface area contributed by atoms with Gasteiger partial charge in [0.15, 0.2) is 6.10 Å². The second kappa shape index (κ2) is 7.58. The summed E-state index contributed by atoms with van der Waals surface area (Å²) in [6.45, 7) is 3.90. The summed E-state index contributed by atoms with van der Waals surface area (Å²) in [5.74, 6) is 0.442. The number of thiophene rings is 1. The third-order valence-electron chi connectivity index (χ3n) is 3.95. The van der Waals surface area contributed by atoms with Crippen LogP contribution in [0.3, 0.4) is 0 Å². The zero-order valence-corrected chi connectivity index (χ0v) is 15.5. The van der Waals surface area contributed by atoms with Gasteiger partial charge in [0, 0.05) is 15.8 Å². The van der Waals surface area contributed by atoms with E-state index in [1.54, 1.807) is 0 Å². The number of ether oxygens (including phenoxy) is 1. The Bertz CT molecular complexity index is 935. The number of para-hydroxylation sites is 1. The van der Waals surface area contributed by atoms with Gasteiger partial charge in [-0.3, -0.25) is 10.2 Å². The van der Waals surface area contributed by atoms with Crippen LogP contribution >= 0.6 is 11.3 Å². The Kier molecular flexibility index (Phi) is 5.23. The number of amides is 1. The van der Waals surface area contributed by atoms with Crippen molar-refractivity contribution in [3.63, 3.8) is 0 Å². The number of hydrogen-bond donors (Lipinski definition) is 3. The van der Waals surface area contributed by atoms with Gasteiger partial charge in [-0.15, -0.1) is 11.3 Å². The maximum Gasteiger partial charge on any atom is 0.265 e. The summed E-state index contributed by atoms with van der Waals surface area (Å²) >= 11 is 1.44. The average molecular weight is 367 g/mol. The van der Waals surface area contributed by atoms with E-state index < -0.39 is 6.10 Å². The molecule has 0 saturated heterocycles. The Morgan fingerprint density at radius 2 is 1.88 bits per heavy atom. The molecular weight excluding hydrogens is 346 g/mol. The number of amidine groups is 1. The zero-order valence-electron chi connectivity index (χ0n) is 14.7. The van der Waals surface area contributed by atoms with Crippen LogP contribution in [0.15, 0.2) is 54.6 Å². The first kappa shape index (κ1) is 17.9. The van der Waals surface area contributed by atoms with Gasteiger partial charge in [0.2, 0.25) is 0 Å². The standard InChI is InChI=1S/C20H21N3O2S/c1-12(2)18(20(24)23-13-7-4-3-5-8-13)25-15-9-6-10-16-14(15)11-17(26-16)19(21)22/h3-12,18H,1-2H3,(H3,21,22)(H,23,24). The summed E-state index contributed by atoms with van der Waals surface area (Å²) in [6.07, 6.45) is -0.638. The number of nitrogens with one attached hydrogen (secondary N) is 2. The van der Waals surface area contributed by atoms with Crippen LogP contribution in [-0.4, -0.2) is 17.8 Å². The fraction of sp³-hybridized carbons (Fsp3) is 0.200. The van der Waals surface area contributed by atoms with E-state index in [1.807, 2.05) is 68.4 Å². The van der Waals surface area contributed by atoms with Crippen LogP contribution in [0, 0.1) is 11.3 Å². The van der Waals surface area contributed by atoms with Gasteiger partial charge in [-0.2, -0.15) is 0 Å². The molecule has 6 heteroatoms. The lowest BCUT2D eigenvalue weighted by molar-refractivity contribution is -0.124. The van der Waals surface area contributed by atoms with Crippen LogP contribution in [0.2, 0.25) is 0 Å². The van der Waals surface area contributed by atoms with Gasteiger partial charge in [-0.1, -0.05) is 38.1 Å². The van der Waals surface area contributed by atoms with E-state index in [9.17, 15) is 4.79 Å². The number of hydrogen-bond acceptors (Lipinski definition) is 4. The first-order valence-corrected chi connectivity index (χ1v) is 9.17. The number of carbonyl (C=O) groups is 1. The van der Waals surface area contributed by atoms with E-state index in [2.05, 4.69) is 5.32 Å². The molecule has 0 spiro atoms. The first-order chi connectivity index (χ1) is 12.5. The smallest absolute Gasteiger partial charge is 0.265 e. The Balaban J connectivity index is 1.87. The molecule has 26 heavy (non-hydrogen) atoms. The molecule has 0 saturated carbocycles. The van der Waals surface area contributed by atoms with E-state index in [0.29, 0.717) is 10.6 Å². The second-order valence-electron chi connectivity index (χ2n) is 6.33. The quantitative estimate of drug-likeness (QED) is 0.450. The third-order valence-corrected chi connectivity index (χ3v) is 5.08. The van der Waals surface area contributed by atoms with Crippen molar-refractivity contribution in [3.8, 4) is 5.75 Å². The lowest BCUT2D eigenvalue weighted by Gasteiger charge is -2.22. The monoisotopic (exact) mass is 367 g/mol. The molecule has 0 bridgehead atoms. The van der Waals surface area contributed by atoms with Crippen molar-refractivity contribution in [3.05, 3.63) is 59.5 Å². The molecule has 4 N–H and O–H groups in total. The minimum absolute atomic E-state index is 0.0140. The second-order valence-corrected chi connectivity index (χ2v) is 7.41. The molecule has 0 aliphatic heterocycles. The lowest BCUT2D eigenvalue weighted by Crippen LogP contribution is -2.37. The summed E-state index contributed by atoms with van der Waals surface area (Å²) in [5.41, 5.74) is 6.34. The molecule has 1 unspecified atom stereocenters. The van der Waals surface area contributed by atoms with Crippen molar-refractivity contribution >= 4 is 38.9 Å². The van der Waals surface area contributed by atoms with Gasteiger partial charge < -0.3 is 15.8 Å². The van der Waals surface area contributed by atoms with Crippen LogP contribution in [0.1, 0.15) is 18.7 Å². The highest BCUT2D eigenvalue weighted by Crippen LogP contribution is 2.33. The number of anilines is 1. The summed E-state index contributed by atoms with van der Waals surface area (Å²) in [6, 6.07) is 16.8. The van der Waals surface area contributed by atoms with E-state index in [1.165, 1.54) is 11.3 Å². The molecule has 5 nitrogen and oxygen atoms in total. The molecule has 1 aromatic heterocycles. The van der Waals surface area contributed by atoms with E-state index in [-0.39, 0.29) is 17.7 Å².